The molecule has 0 aliphatic rings. The smallest absolute Gasteiger partial charge is 0.220 e. The number of nitrogens with zero attached hydrogens (tertiary/aromatic N) is 1. The Bertz CT molecular complexity index is 315. The molecule has 84 valence electrons. The number of rotatable bonds is 5. The number of aromatic nitrogens is 1. The van der Waals surface area contributed by atoms with Crippen molar-refractivity contribution in [1.29, 1.82) is 0 Å². The van der Waals surface area contributed by atoms with Crippen LogP contribution in [-0.2, 0) is 18.3 Å². The van der Waals surface area contributed by atoms with Crippen LogP contribution in [0.15, 0.2) is 18.3 Å². The predicted octanol–water partition coefficient (Wildman–Crippen LogP) is 1.73. The Labute approximate surface area is 91.5 Å². The van der Waals surface area contributed by atoms with Crippen LogP contribution in [-0.4, -0.2) is 17.0 Å². The van der Waals surface area contributed by atoms with Crippen molar-refractivity contribution in [3.63, 3.8) is 0 Å². The number of hydrogen-bond acceptors (Lipinski definition) is 1. The highest BCUT2D eigenvalue weighted by Crippen LogP contribution is 2.03. The monoisotopic (exact) mass is 208 g/mol. The molecule has 1 amide bonds. The minimum absolute atomic E-state index is 0.143. The average molecular weight is 208 g/mol. The van der Waals surface area contributed by atoms with Gasteiger partial charge in [0.05, 0.1) is 0 Å². The van der Waals surface area contributed by atoms with Crippen LogP contribution >= 0.6 is 0 Å². The van der Waals surface area contributed by atoms with Crippen LogP contribution in [0.3, 0.4) is 0 Å². The lowest BCUT2D eigenvalue weighted by Gasteiger charge is -2.07. The standard InChI is InChI=1S/C12H20N2O/c1-10(2)9-13-12(15)7-6-11-5-4-8-14(11)3/h4-5,8,10H,6-7,9H2,1-3H3,(H,13,15). The Hall–Kier alpha value is -1.25. The molecule has 0 saturated heterocycles. The van der Waals surface area contributed by atoms with Gasteiger partial charge in [-0.1, -0.05) is 13.8 Å². The minimum Gasteiger partial charge on any atom is -0.356 e. The van der Waals surface area contributed by atoms with Gasteiger partial charge >= 0.3 is 0 Å². The van der Waals surface area contributed by atoms with E-state index in [0.717, 1.165) is 13.0 Å². The maximum atomic E-state index is 11.4. The molecule has 0 fully saturated rings. The molecule has 3 heteroatoms. The fraction of sp³-hybridized carbons (Fsp3) is 0.583. The third-order valence-corrected chi connectivity index (χ3v) is 2.37. The second-order valence-corrected chi connectivity index (χ2v) is 4.31. The molecule has 1 heterocycles. The van der Waals surface area contributed by atoms with E-state index in [4.69, 9.17) is 0 Å². The van der Waals surface area contributed by atoms with E-state index in [9.17, 15) is 4.79 Å². The van der Waals surface area contributed by atoms with Crippen molar-refractivity contribution in [2.45, 2.75) is 26.7 Å². The summed E-state index contributed by atoms with van der Waals surface area (Å²) in [4.78, 5) is 11.4. The fourth-order valence-corrected chi connectivity index (χ4v) is 1.40. The Kier molecular flexibility index (Phi) is 4.40. The van der Waals surface area contributed by atoms with Crippen LogP contribution in [0.5, 0.6) is 0 Å². The summed E-state index contributed by atoms with van der Waals surface area (Å²) < 4.78 is 2.05. The van der Waals surface area contributed by atoms with Crippen LogP contribution < -0.4 is 5.32 Å². The summed E-state index contributed by atoms with van der Waals surface area (Å²) in [7, 11) is 2.00. The molecule has 0 saturated carbocycles. The third kappa shape index (κ3) is 4.19. The first kappa shape index (κ1) is 11.8. The summed E-state index contributed by atoms with van der Waals surface area (Å²) >= 11 is 0. The highest BCUT2D eigenvalue weighted by Gasteiger charge is 2.04. The largest absolute Gasteiger partial charge is 0.356 e. The topological polar surface area (TPSA) is 34.0 Å². The van der Waals surface area contributed by atoms with Crippen molar-refractivity contribution in [3.8, 4) is 0 Å². The lowest BCUT2D eigenvalue weighted by Crippen LogP contribution is -2.27. The zero-order valence-electron chi connectivity index (χ0n) is 9.79. The third-order valence-electron chi connectivity index (χ3n) is 2.37. The average Bonchev–Trinajstić information content (AvgIpc) is 2.58. The Morgan fingerprint density at radius 2 is 2.27 bits per heavy atom. The quantitative estimate of drug-likeness (QED) is 0.785. The number of nitrogens with one attached hydrogen (secondary N) is 1. The summed E-state index contributed by atoms with van der Waals surface area (Å²) in [6.07, 6.45) is 3.39. The summed E-state index contributed by atoms with van der Waals surface area (Å²) in [5.74, 6) is 0.661. The number of carbonyl (C=O) groups is 1. The number of amides is 1. The first-order valence-corrected chi connectivity index (χ1v) is 5.46. The number of hydrogen-bond donors (Lipinski definition) is 1. The van der Waals surface area contributed by atoms with Crippen LogP contribution in [0.4, 0.5) is 0 Å². The van der Waals surface area contributed by atoms with Gasteiger partial charge in [0.1, 0.15) is 0 Å². The van der Waals surface area contributed by atoms with Crippen LogP contribution in [0.1, 0.15) is 26.0 Å². The second-order valence-electron chi connectivity index (χ2n) is 4.31. The van der Waals surface area contributed by atoms with Crippen molar-refractivity contribution in [3.05, 3.63) is 24.0 Å². The lowest BCUT2D eigenvalue weighted by atomic mass is 10.2. The number of aryl methyl sites for hydroxylation is 2. The minimum atomic E-state index is 0.143. The fourth-order valence-electron chi connectivity index (χ4n) is 1.40. The molecule has 0 aromatic carbocycles. The summed E-state index contributed by atoms with van der Waals surface area (Å²) in [5.41, 5.74) is 1.20. The van der Waals surface area contributed by atoms with Gasteiger partial charge in [0.15, 0.2) is 0 Å². The molecule has 1 aromatic heterocycles. The molecule has 0 radical (unpaired) electrons. The molecule has 0 unspecified atom stereocenters. The Morgan fingerprint density at radius 3 is 2.80 bits per heavy atom. The molecule has 0 spiro atoms. The first-order valence-electron chi connectivity index (χ1n) is 5.46. The molecular weight excluding hydrogens is 188 g/mol. The normalized spacial score (nSPS) is 10.7. The van der Waals surface area contributed by atoms with Crippen LogP contribution in [0.25, 0.3) is 0 Å². The van der Waals surface area contributed by atoms with Gasteiger partial charge in [-0.05, 0) is 24.5 Å². The van der Waals surface area contributed by atoms with E-state index in [1.807, 2.05) is 19.3 Å². The van der Waals surface area contributed by atoms with Crippen molar-refractivity contribution in [1.82, 2.24) is 9.88 Å². The van der Waals surface area contributed by atoms with E-state index < -0.39 is 0 Å². The molecule has 1 aromatic rings. The molecule has 3 nitrogen and oxygen atoms in total. The van der Waals surface area contributed by atoms with E-state index in [2.05, 4.69) is 29.8 Å². The highest BCUT2D eigenvalue weighted by atomic mass is 16.1. The zero-order valence-corrected chi connectivity index (χ0v) is 9.79. The maximum absolute atomic E-state index is 11.4. The van der Waals surface area contributed by atoms with Crippen LogP contribution in [0.2, 0.25) is 0 Å². The van der Waals surface area contributed by atoms with E-state index in [1.54, 1.807) is 0 Å². The molecule has 0 aliphatic heterocycles. The zero-order chi connectivity index (χ0) is 11.3. The number of carbonyl (C=O) groups excluding carboxylic acids is 1. The SMILES string of the molecule is CC(C)CNC(=O)CCc1cccn1C. The van der Waals surface area contributed by atoms with Crippen LogP contribution in [0, 0.1) is 5.92 Å². The van der Waals surface area contributed by atoms with Gasteiger partial charge in [-0.15, -0.1) is 0 Å². The summed E-state index contributed by atoms with van der Waals surface area (Å²) in [5, 5.41) is 2.92. The molecule has 0 bridgehead atoms. The molecule has 1 N–H and O–H groups in total. The summed E-state index contributed by atoms with van der Waals surface area (Å²) in [6.45, 7) is 4.96. The second kappa shape index (κ2) is 5.59. The molecular formula is C12H20N2O. The van der Waals surface area contributed by atoms with E-state index >= 15 is 0 Å². The molecule has 0 aliphatic carbocycles. The van der Waals surface area contributed by atoms with E-state index in [-0.39, 0.29) is 5.91 Å². The lowest BCUT2D eigenvalue weighted by molar-refractivity contribution is -0.121. The van der Waals surface area contributed by atoms with Gasteiger partial charge in [0.2, 0.25) is 5.91 Å². The Balaban J connectivity index is 2.26. The van der Waals surface area contributed by atoms with Gasteiger partial charge in [-0.25, -0.2) is 0 Å². The van der Waals surface area contributed by atoms with Crippen molar-refractivity contribution in [2.24, 2.45) is 13.0 Å². The van der Waals surface area contributed by atoms with E-state index in [0.29, 0.717) is 12.3 Å². The Morgan fingerprint density at radius 1 is 1.53 bits per heavy atom. The van der Waals surface area contributed by atoms with Gasteiger partial charge in [-0.3, -0.25) is 4.79 Å². The van der Waals surface area contributed by atoms with Gasteiger partial charge in [0, 0.05) is 31.9 Å². The molecule has 0 atom stereocenters. The molecule has 15 heavy (non-hydrogen) atoms. The first-order chi connectivity index (χ1) is 7.09. The van der Waals surface area contributed by atoms with Crippen molar-refractivity contribution in [2.75, 3.05) is 6.54 Å². The van der Waals surface area contributed by atoms with Crippen molar-refractivity contribution < 1.29 is 4.79 Å². The van der Waals surface area contributed by atoms with Gasteiger partial charge < -0.3 is 9.88 Å². The summed E-state index contributed by atoms with van der Waals surface area (Å²) in [6, 6.07) is 4.05. The van der Waals surface area contributed by atoms with E-state index in [1.165, 1.54) is 5.69 Å². The van der Waals surface area contributed by atoms with Crippen molar-refractivity contribution >= 4 is 5.91 Å². The maximum Gasteiger partial charge on any atom is 0.220 e. The molecule has 1 rings (SSSR count). The van der Waals surface area contributed by atoms with Gasteiger partial charge in [-0.2, -0.15) is 0 Å². The highest BCUT2D eigenvalue weighted by molar-refractivity contribution is 5.76. The van der Waals surface area contributed by atoms with Gasteiger partial charge in [0.25, 0.3) is 0 Å². The predicted molar refractivity (Wildman–Crippen MR) is 61.6 cm³/mol.